The molecule has 0 radical (unpaired) electrons. The van der Waals surface area contributed by atoms with Crippen LogP contribution < -0.4 is 4.90 Å². The third-order valence-electron chi connectivity index (χ3n) is 4.40. The summed E-state index contributed by atoms with van der Waals surface area (Å²) in [7, 11) is 0. The monoisotopic (exact) mass is 338 g/mol. The van der Waals surface area contributed by atoms with Gasteiger partial charge in [0, 0.05) is 44.5 Å². The number of nitrogens with zero attached hydrogens (tertiary/aromatic N) is 4. The number of anilines is 1. The molecule has 1 amide bonds. The van der Waals surface area contributed by atoms with E-state index in [1.54, 1.807) is 18.3 Å². The number of nitriles is 1. The van der Waals surface area contributed by atoms with Crippen molar-refractivity contribution in [3.63, 3.8) is 0 Å². The predicted molar refractivity (Wildman–Crippen MR) is 92.5 cm³/mol. The molecule has 0 saturated carbocycles. The number of benzene rings is 1. The summed E-state index contributed by atoms with van der Waals surface area (Å²) < 4.78 is 13.8. The highest BCUT2D eigenvalue weighted by molar-refractivity contribution is 5.77. The second kappa shape index (κ2) is 7.75. The van der Waals surface area contributed by atoms with Gasteiger partial charge in [0.1, 0.15) is 17.4 Å². The zero-order chi connectivity index (χ0) is 17.6. The maximum absolute atomic E-state index is 13.8. The molecule has 0 aliphatic carbocycles. The van der Waals surface area contributed by atoms with E-state index in [0.29, 0.717) is 44.7 Å². The van der Waals surface area contributed by atoms with Crippen molar-refractivity contribution < 1.29 is 9.18 Å². The molecule has 128 valence electrons. The Hall–Kier alpha value is -2.94. The van der Waals surface area contributed by atoms with E-state index in [1.807, 2.05) is 34.1 Å². The molecule has 1 aliphatic heterocycles. The lowest BCUT2D eigenvalue weighted by Gasteiger charge is -2.36. The molecule has 6 heteroatoms. The molecule has 2 heterocycles. The van der Waals surface area contributed by atoms with Crippen molar-refractivity contribution in [2.45, 2.75) is 12.8 Å². The van der Waals surface area contributed by atoms with Crippen molar-refractivity contribution >= 4 is 11.6 Å². The van der Waals surface area contributed by atoms with Crippen LogP contribution in [0.2, 0.25) is 0 Å². The lowest BCUT2D eigenvalue weighted by atomic mass is 10.1. The Morgan fingerprint density at radius 2 is 1.96 bits per heavy atom. The first-order valence-corrected chi connectivity index (χ1v) is 8.30. The number of pyridine rings is 1. The summed E-state index contributed by atoms with van der Waals surface area (Å²) in [6.07, 6.45) is 2.78. The van der Waals surface area contributed by atoms with E-state index in [2.05, 4.69) is 4.98 Å². The molecule has 1 aliphatic rings. The zero-order valence-corrected chi connectivity index (χ0v) is 13.9. The smallest absolute Gasteiger partial charge is 0.223 e. The van der Waals surface area contributed by atoms with E-state index in [-0.39, 0.29) is 11.5 Å². The van der Waals surface area contributed by atoms with Crippen LogP contribution in [0.3, 0.4) is 0 Å². The Kier molecular flexibility index (Phi) is 5.24. The highest BCUT2D eigenvalue weighted by Crippen LogP contribution is 2.23. The average Bonchev–Trinajstić information content (AvgIpc) is 2.67. The van der Waals surface area contributed by atoms with Gasteiger partial charge in [0.05, 0.1) is 5.69 Å². The van der Waals surface area contributed by atoms with Gasteiger partial charge in [-0.2, -0.15) is 5.26 Å². The Morgan fingerprint density at radius 3 is 2.64 bits per heavy atom. The summed E-state index contributed by atoms with van der Waals surface area (Å²) >= 11 is 0. The molecule has 0 atom stereocenters. The molecule has 0 spiro atoms. The van der Waals surface area contributed by atoms with Gasteiger partial charge in [0.2, 0.25) is 5.91 Å². The second-order valence-corrected chi connectivity index (χ2v) is 5.93. The molecule has 1 aromatic carbocycles. The lowest BCUT2D eigenvalue weighted by molar-refractivity contribution is -0.131. The summed E-state index contributed by atoms with van der Waals surface area (Å²) in [5, 5.41) is 9.16. The number of carbonyl (C=O) groups excluding carboxylic acids is 1. The van der Waals surface area contributed by atoms with E-state index in [4.69, 9.17) is 5.26 Å². The minimum Gasteiger partial charge on any atom is -0.367 e. The maximum atomic E-state index is 13.8. The number of hydrogen-bond acceptors (Lipinski definition) is 4. The molecule has 2 aromatic rings. The van der Waals surface area contributed by atoms with Gasteiger partial charge in [-0.05, 0) is 30.7 Å². The highest BCUT2D eigenvalue weighted by atomic mass is 19.1. The fourth-order valence-electron chi connectivity index (χ4n) is 3.02. The number of piperazine rings is 1. The molecule has 1 aromatic heterocycles. The van der Waals surface area contributed by atoms with Gasteiger partial charge in [-0.1, -0.05) is 12.1 Å². The third kappa shape index (κ3) is 3.94. The van der Waals surface area contributed by atoms with Gasteiger partial charge in [-0.3, -0.25) is 9.78 Å². The van der Waals surface area contributed by atoms with Gasteiger partial charge in [0.25, 0.3) is 0 Å². The number of carbonyl (C=O) groups is 1. The van der Waals surface area contributed by atoms with Crippen LogP contribution in [-0.2, 0) is 11.2 Å². The van der Waals surface area contributed by atoms with Gasteiger partial charge < -0.3 is 9.80 Å². The summed E-state index contributed by atoms with van der Waals surface area (Å²) in [6, 6.07) is 12.3. The van der Waals surface area contributed by atoms with Crippen LogP contribution in [0, 0.1) is 17.1 Å². The van der Waals surface area contributed by atoms with Crippen molar-refractivity contribution in [2.24, 2.45) is 0 Å². The van der Waals surface area contributed by atoms with Crippen LogP contribution >= 0.6 is 0 Å². The maximum Gasteiger partial charge on any atom is 0.223 e. The fourth-order valence-corrected chi connectivity index (χ4v) is 3.02. The molecule has 3 rings (SSSR count). The van der Waals surface area contributed by atoms with Crippen molar-refractivity contribution in [2.75, 3.05) is 31.1 Å². The molecule has 1 saturated heterocycles. The second-order valence-electron chi connectivity index (χ2n) is 5.93. The Bertz CT molecular complexity index is 780. The number of amides is 1. The Balaban J connectivity index is 1.56. The first-order valence-electron chi connectivity index (χ1n) is 8.30. The molecular weight excluding hydrogens is 319 g/mol. The Morgan fingerprint density at radius 1 is 1.16 bits per heavy atom. The van der Waals surface area contributed by atoms with Crippen LogP contribution in [0.25, 0.3) is 0 Å². The van der Waals surface area contributed by atoms with E-state index < -0.39 is 5.82 Å². The van der Waals surface area contributed by atoms with E-state index in [0.717, 1.165) is 5.69 Å². The first-order chi connectivity index (χ1) is 12.2. The van der Waals surface area contributed by atoms with Crippen molar-refractivity contribution in [3.05, 3.63) is 59.7 Å². The summed E-state index contributed by atoms with van der Waals surface area (Å²) in [6.45, 7) is 2.33. The van der Waals surface area contributed by atoms with E-state index in [9.17, 15) is 9.18 Å². The van der Waals surface area contributed by atoms with Gasteiger partial charge in [0.15, 0.2) is 0 Å². The standard InChI is InChI=1S/C19H19FN4O/c20-17-5-3-6-18(16(17)14-21)23-10-12-24(13-11-23)19(25)8-7-15-4-1-2-9-22-15/h1-6,9H,7-8,10-13H2. The summed E-state index contributed by atoms with van der Waals surface area (Å²) in [5.74, 6) is -0.404. The van der Waals surface area contributed by atoms with Gasteiger partial charge >= 0.3 is 0 Å². The number of halogens is 1. The minimum atomic E-state index is -0.506. The molecule has 25 heavy (non-hydrogen) atoms. The van der Waals surface area contributed by atoms with Gasteiger partial charge in [-0.15, -0.1) is 0 Å². The van der Waals surface area contributed by atoms with Gasteiger partial charge in [-0.25, -0.2) is 4.39 Å². The van der Waals surface area contributed by atoms with Crippen LogP contribution in [0.1, 0.15) is 17.7 Å². The largest absolute Gasteiger partial charge is 0.367 e. The SMILES string of the molecule is N#Cc1c(F)cccc1N1CCN(C(=O)CCc2ccccn2)CC1. The highest BCUT2D eigenvalue weighted by Gasteiger charge is 2.23. The van der Waals surface area contributed by atoms with Crippen molar-refractivity contribution in [1.82, 2.24) is 9.88 Å². The quantitative estimate of drug-likeness (QED) is 0.859. The Labute approximate surface area is 146 Å². The van der Waals surface area contributed by atoms with Crippen LogP contribution in [0.5, 0.6) is 0 Å². The predicted octanol–water partition coefficient (Wildman–Crippen LogP) is 2.37. The number of aromatic nitrogens is 1. The molecule has 0 bridgehead atoms. The molecule has 1 fully saturated rings. The molecular formula is C19H19FN4O. The average molecular weight is 338 g/mol. The normalized spacial score (nSPS) is 14.2. The number of hydrogen-bond donors (Lipinski definition) is 0. The first kappa shape index (κ1) is 16.9. The number of aryl methyl sites for hydroxylation is 1. The molecule has 0 unspecified atom stereocenters. The van der Waals surface area contributed by atoms with Crippen LogP contribution in [-0.4, -0.2) is 42.0 Å². The van der Waals surface area contributed by atoms with E-state index >= 15 is 0 Å². The summed E-state index contributed by atoms with van der Waals surface area (Å²) in [5.41, 5.74) is 1.58. The number of rotatable bonds is 4. The van der Waals surface area contributed by atoms with Crippen LogP contribution in [0.15, 0.2) is 42.6 Å². The summed E-state index contributed by atoms with van der Waals surface area (Å²) in [4.78, 5) is 20.4. The van der Waals surface area contributed by atoms with Crippen molar-refractivity contribution in [1.29, 1.82) is 5.26 Å². The van der Waals surface area contributed by atoms with E-state index in [1.165, 1.54) is 6.07 Å². The lowest BCUT2D eigenvalue weighted by Crippen LogP contribution is -2.49. The third-order valence-corrected chi connectivity index (χ3v) is 4.40. The topological polar surface area (TPSA) is 60.2 Å². The fraction of sp³-hybridized carbons (Fsp3) is 0.316. The molecule has 5 nitrogen and oxygen atoms in total. The van der Waals surface area contributed by atoms with Crippen molar-refractivity contribution in [3.8, 4) is 6.07 Å². The minimum absolute atomic E-state index is 0.0671. The molecule has 0 N–H and O–H groups in total. The van der Waals surface area contributed by atoms with Crippen LogP contribution in [0.4, 0.5) is 10.1 Å². The zero-order valence-electron chi connectivity index (χ0n) is 13.9.